The molecule has 0 saturated carbocycles. The minimum absolute atomic E-state index is 0.0936. The van der Waals surface area contributed by atoms with Gasteiger partial charge in [0, 0.05) is 19.7 Å². The molecule has 10 heteroatoms. The van der Waals surface area contributed by atoms with Crippen molar-refractivity contribution in [1.82, 2.24) is 10.6 Å². The molecule has 2 aromatic carbocycles. The first-order chi connectivity index (χ1) is 13.8. The Hall–Kier alpha value is -3.95. The van der Waals surface area contributed by atoms with E-state index in [2.05, 4.69) is 16.0 Å². The molecule has 0 aliphatic heterocycles. The first-order valence-electron chi connectivity index (χ1n) is 8.61. The van der Waals surface area contributed by atoms with E-state index >= 15 is 0 Å². The van der Waals surface area contributed by atoms with Gasteiger partial charge in [0.1, 0.15) is 5.69 Å². The summed E-state index contributed by atoms with van der Waals surface area (Å²) in [7, 11) is 1.51. The molecule has 0 saturated heterocycles. The molecular weight excluding hydrogens is 380 g/mol. The van der Waals surface area contributed by atoms with E-state index in [0.29, 0.717) is 0 Å². The van der Waals surface area contributed by atoms with Crippen LogP contribution in [0.2, 0.25) is 0 Å². The summed E-state index contributed by atoms with van der Waals surface area (Å²) in [5.41, 5.74) is 0.678. The molecule has 0 heterocycles. The molecule has 2 aromatic rings. The second kappa shape index (κ2) is 9.83. The van der Waals surface area contributed by atoms with Crippen LogP contribution in [0.4, 0.5) is 16.2 Å². The molecule has 152 valence electrons. The smallest absolute Gasteiger partial charge is 0.339 e. The predicted molar refractivity (Wildman–Crippen MR) is 104 cm³/mol. The van der Waals surface area contributed by atoms with Crippen molar-refractivity contribution in [2.24, 2.45) is 0 Å². The number of carbonyl (C=O) groups is 3. The topological polar surface area (TPSA) is 140 Å². The zero-order chi connectivity index (χ0) is 21.4. The molecule has 0 aliphatic rings. The maximum absolute atomic E-state index is 12.2. The number of esters is 1. The van der Waals surface area contributed by atoms with Crippen molar-refractivity contribution < 1.29 is 24.0 Å². The summed E-state index contributed by atoms with van der Waals surface area (Å²) in [6.45, 7) is 1.50. The summed E-state index contributed by atoms with van der Waals surface area (Å²) in [5, 5.41) is 18.3. The van der Waals surface area contributed by atoms with E-state index in [-0.39, 0.29) is 23.5 Å². The van der Waals surface area contributed by atoms with Crippen LogP contribution in [0.3, 0.4) is 0 Å². The number of benzene rings is 2. The lowest BCUT2D eigenvalue weighted by molar-refractivity contribution is -0.384. The Labute approximate surface area is 166 Å². The third-order valence-corrected chi connectivity index (χ3v) is 3.89. The second-order valence-electron chi connectivity index (χ2n) is 5.94. The van der Waals surface area contributed by atoms with Crippen molar-refractivity contribution in [3.8, 4) is 0 Å². The number of nitrogens with zero attached hydrogens (tertiary/aromatic N) is 1. The number of urea groups is 1. The standard InChI is InChI=1S/C19H20N4O6/c1-12(17(24)22-19(26)21-11-13-6-4-3-5-7-13)29-18(25)14-8-9-15(20-2)16(10-14)23(27)28/h3-10,12,20H,11H2,1-2H3,(H2,21,22,24,26)/t12-/m1/s1. The second-order valence-corrected chi connectivity index (χ2v) is 5.94. The van der Waals surface area contributed by atoms with Gasteiger partial charge < -0.3 is 15.4 Å². The average molecular weight is 400 g/mol. The van der Waals surface area contributed by atoms with Gasteiger partial charge in [0.2, 0.25) is 0 Å². The van der Waals surface area contributed by atoms with Crippen LogP contribution in [0.15, 0.2) is 48.5 Å². The summed E-state index contributed by atoms with van der Waals surface area (Å²) < 4.78 is 5.00. The number of imide groups is 1. The lowest BCUT2D eigenvalue weighted by atomic mass is 10.1. The van der Waals surface area contributed by atoms with Crippen LogP contribution in [0.1, 0.15) is 22.8 Å². The van der Waals surface area contributed by atoms with Gasteiger partial charge >= 0.3 is 12.0 Å². The normalized spacial score (nSPS) is 11.1. The van der Waals surface area contributed by atoms with Crippen LogP contribution >= 0.6 is 0 Å². The third kappa shape index (κ3) is 6.03. The van der Waals surface area contributed by atoms with Gasteiger partial charge in [0.15, 0.2) is 6.10 Å². The number of nitro benzene ring substituents is 1. The van der Waals surface area contributed by atoms with Crippen molar-refractivity contribution in [3.05, 3.63) is 69.8 Å². The Morgan fingerprint density at radius 2 is 1.83 bits per heavy atom. The highest BCUT2D eigenvalue weighted by Gasteiger charge is 2.23. The molecule has 3 amide bonds. The van der Waals surface area contributed by atoms with Gasteiger partial charge in [-0.2, -0.15) is 0 Å². The molecular formula is C19H20N4O6. The molecule has 0 aromatic heterocycles. The highest BCUT2D eigenvalue weighted by molar-refractivity contribution is 5.98. The highest BCUT2D eigenvalue weighted by atomic mass is 16.6. The fourth-order valence-electron chi connectivity index (χ4n) is 2.34. The molecule has 3 N–H and O–H groups in total. The largest absolute Gasteiger partial charge is 0.449 e. The summed E-state index contributed by atoms with van der Waals surface area (Å²) >= 11 is 0. The van der Waals surface area contributed by atoms with E-state index in [1.807, 2.05) is 30.3 Å². The van der Waals surface area contributed by atoms with Crippen LogP contribution in [-0.2, 0) is 16.1 Å². The first-order valence-corrected chi connectivity index (χ1v) is 8.61. The lowest BCUT2D eigenvalue weighted by Crippen LogP contribution is -2.44. The number of hydrogen-bond acceptors (Lipinski definition) is 7. The van der Waals surface area contributed by atoms with Gasteiger partial charge in [-0.15, -0.1) is 0 Å². The van der Waals surface area contributed by atoms with E-state index in [1.54, 1.807) is 0 Å². The summed E-state index contributed by atoms with van der Waals surface area (Å²) in [6, 6.07) is 12.1. The molecule has 10 nitrogen and oxygen atoms in total. The lowest BCUT2D eigenvalue weighted by Gasteiger charge is -2.13. The van der Waals surface area contributed by atoms with Crippen LogP contribution < -0.4 is 16.0 Å². The minimum atomic E-state index is -1.28. The highest BCUT2D eigenvalue weighted by Crippen LogP contribution is 2.25. The van der Waals surface area contributed by atoms with E-state index in [9.17, 15) is 24.5 Å². The molecule has 0 fully saturated rings. The van der Waals surface area contributed by atoms with E-state index < -0.39 is 28.9 Å². The van der Waals surface area contributed by atoms with Crippen LogP contribution in [-0.4, -0.2) is 36.0 Å². The molecule has 0 radical (unpaired) electrons. The minimum Gasteiger partial charge on any atom is -0.449 e. The number of nitro groups is 1. The number of amides is 3. The molecule has 29 heavy (non-hydrogen) atoms. The summed E-state index contributed by atoms with van der Waals surface area (Å²) in [5.74, 6) is -1.76. The fraction of sp³-hybridized carbons (Fsp3) is 0.211. The Morgan fingerprint density at radius 3 is 2.45 bits per heavy atom. The first kappa shape index (κ1) is 21.4. The summed E-state index contributed by atoms with van der Waals surface area (Å²) in [4.78, 5) is 46.5. The Bertz CT molecular complexity index is 916. The van der Waals surface area contributed by atoms with Gasteiger partial charge in [-0.25, -0.2) is 9.59 Å². The zero-order valence-corrected chi connectivity index (χ0v) is 15.8. The maximum atomic E-state index is 12.2. The number of anilines is 1. The van der Waals surface area contributed by atoms with Crippen molar-refractivity contribution in [3.63, 3.8) is 0 Å². The fourth-order valence-corrected chi connectivity index (χ4v) is 2.34. The third-order valence-electron chi connectivity index (χ3n) is 3.89. The quantitative estimate of drug-likeness (QED) is 0.368. The van der Waals surface area contributed by atoms with Crippen LogP contribution in [0.25, 0.3) is 0 Å². The number of carbonyl (C=O) groups excluding carboxylic acids is 3. The molecule has 0 bridgehead atoms. The summed E-state index contributed by atoms with van der Waals surface area (Å²) in [6.07, 6.45) is -1.28. The SMILES string of the molecule is CNc1ccc(C(=O)O[C@H](C)C(=O)NC(=O)NCc2ccccc2)cc1[N+](=O)[O-]. The molecule has 1 atom stereocenters. The van der Waals surface area contributed by atoms with Gasteiger partial charge in [-0.3, -0.25) is 20.2 Å². The average Bonchev–Trinajstić information content (AvgIpc) is 2.72. The number of nitrogens with one attached hydrogen (secondary N) is 3. The van der Waals surface area contributed by atoms with E-state index in [4.69, 9.17) is 4.74 Å². The van der Waals surface area contributed by atoms with Gasteiger partial charge in [-0.1, -0.05) is 30.3 Å². The predicted octanol–water partition coefficient (Wildman–Crippen LogP) is 2.21. The molecule has 2 rings (SSSR count). The molecule has 0 spiro atoms. The van der Waals surface area contributed by atoms with Gasteiger partial charge in [0.05, 0.1) is 10.5 Å². The van der Waals surface area contributed by atoms with Crippen molar-refractivity contribution in [2.75, 3.05) is 12.4 Å². The monoisotopic (exact) mass is 400 g/mol. The maximum Gasteiger partial charge on any atom is 0.339 e. The number of hydrogen-bond donors (Lipinski definition) is 3. The van der Waals surface area contributed by atoms with E-state index in [0.717, 1.165) is 11.6 Å². The number of rotatable bonds is 7. The number of ether oxygens (including phenoxy) is 1. The Morgan fingerprint density at radius 1 is 1.14 bits per heavy atom. The van der Waals surface area contributed by atoms with Crippen molar-refractivity contribution in [2.45, 2.75) is 19.6 Å². The van der Waals surface area contributed by atoms with Gasteiger partial charge in [-0.05, 0) is 24.6 Å². The Kier molecular flexibility index (Phi) is 7.24. The van der Waals surface area contributed by atoms with Crippen LogP contribution in [0, 0.1) is 10.1 Å². The van der Waals surface area contributed by atoms with E-state index in [1.165, 1.54) is 26.1 Å². The zero-order valence-electron chi connectivity index (χ0n) is 15.8. The molecule has 0 unspecified atom stereocenters. The van der Waals surface area contributed by atoms with Crippen molar-refractivity contribution in [1.29, 1.82) is 0 Å². The van der Waals surface area contributed by atoms with Crippen LogP contribution in [0.5, 0.6) is 0 Å². The van der Waals surface area contributed by atoms with Gasteiger partial charge in [0.25, 0.3) is 11.6 Å². The molecule has 0 aliphatic carbocycles. The Balaban J connectivity index is 1.91. The van der Waals surface area contributed by atoms with Crippen molar-refractivity contribution >= 4 is 29.3 Å².